The quantitative estimate of drug-likeness (QED) is 0.416. The predicted molar refractivity (Wildman–Crippen MR) is 88.9 cm³/mol. The SMILES string of the molecule is NCCCCC[C@H](N)C(=O)O.N[C@@H](Cc1ccccc1)C(=O)O. The standard InChI is InChI=1S/C9H11NO2.C7H16N2O2/c10-8(9(11)12)6-7-4-2-1-3-5-7;8-5-3-1-2-4-6(9)7(10)11/h1-5,8H,6,10H2,(H,11,12);6H,1-5,8-9H2,(H,10,11)/t8-;6-/m00/s1. The van der Waals surface area contributed by atoms with Gasteiger partial charge in [0.2, 0.25) is 0 Å². The van der Waals surface area contributed by atoms with Crippen LogP contribution in [-0.2, 0) is 16.0 Å². The van der Waals surface area contributed by atoms with Crippen LogP contribution >= 0.6 is 0 Å². The van der Waals surface area contributed by atoms with Crippen LogP contribution in [0, 0.1) is 0 Å². The summed E-state index contributed by atoms with van der Waals surface area (Å²) in [5.41, 5.74) is 16.8. The van der Waals surface area contributed by atoms with E-state index in [0.717, 1.165) is 24.8 Å². The van der Waals surface area contributed by atoms with Crippen molar-refractivity contribution >= 4 is 11.9 Å². The lowest BCUT2D eigenvalue weighted by Crippen LogP contribution is -2.32. The summed E-state index contributed by atoms with van der Waals surface area (Å²) in [6.45, 7) is 0.669. The minimum atomic E-state index is -0.959. The number of nitrogens with two attached hydrogens (primary N) is 3. The van der Waals surface area contributed by atoms with E-state index >= 15 is 0 Å². The van der Waals surface area contributed by atoms with Crippen LogP contribution in [0.4, 0.5) is 0 Å². The number of carboxylic acids is 2. The van der Waals surface area contributed by atoms with Gasteiger partial charge in [0, 0.05) is 0 Å². The fourth-order valence-corrected chi connectivity index (χ4v) is 1.76. The third kappa shape index (κ3) is 11.3. The maximum Gasteiger partial charge on any atom is 0.320 e. The smallest absolute Gasteiger partial charge is 0.320 e. The fourth-order valence-electron chi connectivity index (χ4n) is 1.76. The van der Waals surface area contributed by atoms with Gasteiger partial charge in [-0.2, -0.15) is 0 Å². The number of hydrogen-bond acceptors (Lipinski definition) is 5. The zero-order valence-corrected chi connectivity index (χ0v) is 13.2. The monoisotopic (exact) mass is 325 g/mol. The normalized spacial score (nSPS) is 12.7. The molecule has 0 aliphatic heterocycles. The van der Waals surface area contributed by atoms with Crippen molar-refractivity contribution in [3.05, 3.63) is 35.9 Å². The Hall–Kier alpha value is -1.96. The van der Waals surface area contributed by atoms with E-state index in [1.54, 1.807) is 0 Å². The summed E-state index contributed by atoms with van der Waals surface area (Å²) in [5.74, 6) is -1.88. The zero-order chi connectivity index (χ0) is 17.7. The average molecular weight is 325 g/mol. The molecule has 1 aromatic rings. The Balaban J connectivity index is 0.000000423. The molecule has 23 heavy (non-hydrogen) atoms. The van der Waals surface area contributed by atoms with Gasteiger partial charge in [0.25, 0.3) is 0 Å². The summed E-state index contributed by atoms with van der Waals surface area (Å²) >= 11 is 0. The third-order valence-corrected chi connectivity index (χ3v) is 3.15. The number of unbranched alkanes of at least 4 members (excludes halogenated alkanes) is 2. The summed E-state index contributed by atoms with van der Waals surface area (Å²) in [4.78, 5) is 20.6. The van der Waals surface area contributed by atoms with Gasteiger partial charge in [-0.05, 0) is 31.4 Å². The third-order valence-electron chi connectivity index (χ3n) is 3.15. The van der Waals surface area contributed by atoms with E-state index in [1.165, 1.54) is 0 Å². The number of carboxylic acid groups (broad SMARTS) is 2. The van der Waals surface area contributed by atoms with E-state index in [1.807, 2.05) is 30.3 Å². The molecule has 0 aromatic heterocycles. The molecule has 0 amide bonds. The van der Waals surface area contributed by atoms with Crippen LogP contribution in [0.3, 0.4) is 0 Å². The molecule has 0 heterocycles. The molecule has 0 fully saturated rings. The summed E-state index contributed by atoms with van der Waals surface area (Å²) in [5, 5.41) is 16.9. The van der Waals surface area contributed by atoms with Crippen molar-refractivity contribution in [1.82, 2.24) is 0 Å². The Labute approximate surface area is 136 Å². The van der Waals surface area contributed by atoms with Crippen LogP contribution in [-0.4, -0.2) is 40.8 Å². The molecule has 0 saturated heterocycles. The Morgan fingerprint density at radius 1 is 0.913 bits per heavy atom. The molecule has 0 aliphatic rings. The zero-order valence-electron chi connectivity index (χ0n) is 13.2. The Bertz CT molecular complexity index is 454. The molecule has 0 unspecified atom stereocenters. The molecule has 7 heteroatoms. The van der Waals surface area contributed by atoms with Crippen LogP contribution in [0.15, 0.2) is 30.3 Å². The number of hydrogen-bond donors (Lipinski definition) is 5. The highest BCUT2D eigenvalue weighted by atomic mass is 16.4. The Morgan fingerprint density at radius 3 is 1.96 bits per heavy atom. The van der Waals surface area contributed by atoms with Gasteiger partial charge in [0.15, 0.2) is 0 Å². The van der Waals surface area contributed by atoms with Crippen LogP contribution in [0.25, 0.3) is 0 Å². The first-order valence-electron chi connectivity index (χ1n) is 7.59. The molecule has 1 rings (SSSR count). The van der Waals surface area contributed by atoms with Crippen molar-refractivity contribution in [1.29, 1.82) is 0 Å². The lowest BCUT2D eigenvalue weighted by molar-refractivity contribution is -0.139. The largest absolute Gasteiger partial charge is 0.480 e. The summed E-state index contributed by atoms with van der Waals surface area (Å²) < 4.78 is 0. The van der Waals surface area contributed by atoms with Gasteiger partial charge < -0.3 is 27.4 Å². The lowest BCUT2D eigenvalue weighted by atomic mass is 10.1. The molecule has 0 aliphatic carbocycles. The molecular weight excluding hydrogens is 298 g/mol. The van der Waals surface area contributed by atoms with Crippen molar-refractivity contribution in [2.24, 2.45) is 17.2 Å². The van der Waals surface area contributed by atoms with Crippen LogP contribution in [0.1, 0.15) is 31.2 Å². The first kappa shape index (κ1) is 21.0. The van der Waals surface area contributed by atoms with E-state index < -0.39 is 24.0 Å². The van der Waals surface area contributed by atoms with Crippen molar-refractivity contribution < 1.29 is 19.8 Å². The minimum Gasteiger partial charge on any atom is -0.480 e. The van der Waals surface area contributed by atoms with Crippen molar-refractivity contribution in [3.63, 3.8) is 0 Å². The van der Waals surface area contributed by atoms with Crippen molar-refractivity contribution in [3.8, 4) is 0 Å². The molecule has 2 atom stereocenters. The summed E-state index contributed by atoms with van der Waals surface area (Å²) in [6.07, 6.45) is 3.71. The number of rotatable bonds is 9. The first-order chi connectivity index (χ1) is 10.9. The maximum absolute atomic E-state index is 10.4. The Morgan fingerprint density at radius 2 is 1.48 bits per heavy atom. The second-order valence-corrected chi connectivity index (χ2v) is 5.22. The van der Waals surface area contributed by atoms with Crippen molar-refractivity contribution in [2.75, 3.05) is 6.54 Å². The topological polar surface area (TPSA) is 153 Å². The average Bonchev–Trinajstić information content (AvgIpc) is 2.52. The van der Waals surface area contributed by atoms with E-state index in [4.69, 9.17) is 27.4 Å². The number of benzene rings is 1. The van der Waals surface area contributed by atoms with Crippen molar-refractivity contribution in [2.45, 2.75) is 44.2 Å². The highest BCUT2D eigenvalue weighted by molar-refractivity contribution is 5.73. The number of aliphatic carboxylic acids is 2. The van der Waals surface area contributed by atoms with E-state index in [9.17, 15) is 9.59 Å². The van der Waals surface area contributed by atoms with Crippen LogP contribution in [0.5, 0.6) is 0 Å². The second-order valence-electron chi connectivity index (χ2n) is 5.22. The summed E-state index contributed by atoms with van der Waals surface area (Å²) in [6, 6.07) is 7.84. The lowest BCUT2D eigenvalue weighted by Gasteiger charge is -2.04. The highest BCUT2D eigenvalue weighted by Crippen LogP contribution is 2.02. The van der Waals surface area contributed by atoms with Gasteiger partial charge in [0.05, 0.1) is 0 Å². The second kappa shape index (κ2) is 12.6. The molecular formula is C16H27N3O4. The Kier molecular flexibility index (Phi) is 11.5. The van der Waals surface area contributed by atoms with Gasteiger partial charge >= 0.3 is 11.9 Å². The molecule has 130 valence electrons. The molecule has 0 bridgehead atoms. The molecule has 0 spiro atoms. The van der Waals surface area contributed by atoms with Gasteiger partial charge in [-0.25, -0.2) is 0 Å². The van der Waals surface area contributed by atoms with Gasteiger partial charge in [-0.1, -0.05) is 43.2 Å². The molecule has 7 nitrogen and oxygen atoms in total. The van der Waals surface area contributed by atoms with Crippen LogP contribution in [0.2, 0.25) is 0 Å². The summed E-state index contributed by atoms with van der Waals surface area (Å²) in [7, 11) is 0. The first-order valence-corrected chi connectivity index (χ1v) is 7.59. The van der Waals surface area contributed by atoms with Gasteiger partial charge in [-0.15, -0.1) is 0 Å². The fraction of sp³-hybridized carbons (Fsp3) is 0.500. The van der Waals surface area contributed by atoms with Crippen LogP contribution < -0.4 is 17.2 Å². The van der Waals surface area contributed by atoms with Gasteiger partial charge in [-0.3, -0.25) is 9.59 Å². The molecule has 8 N–H and O–H groups in total. The number of carbonyl (C=O) groups is 2. The van der Waals surface area contributed by atoms with E-state index in [2.05, 4.69) is 0 Å². The molecule has 1 aromatic carbocycles. The van der Waals surface area contributed by atoms with Gasteiger partial charge in [0.1, 0.15) is 12.1 Å². The maximum atomic E-state index is 10.4. The predicted octanol–water partition coefficient (Wildman–Crippen LogP) is 0.558. The molecule has 0 radical (unpaired) electrons. The highest BCUT2D eigenvalue weighted by Gasteiger charge is 2.11. The molecule has 0 saturated carbocycles. The van der Waals surface area contributed by atoms with E-state index in [0.29, 0.717) is 19.4 Å². The van der Waals surface area contributed by atoms with E-state index in [-0.39, 0.29) is 0 Å². The minimum absolute atomic E-state index is 0.385.